The lowest BCUT2D eigenvalue weighted by Crippen LogP contribution is -2.40. The highest BCUT2D eigenvalue weighted by Crippen LogP contribution is 2.29. The van der Waals surface area contributed by atoms with E-state index in [4.69, 9.17) is 0 Å². The van der Waals surface area contributed by atoms with Gasteiger partial charge in [0.25, 0.3) is 5.91 Å². The van der Waals surface area contributed by atoms with Crippen LogP contribution in [0.15, 0.2) is 49.1 Å². The molecule has 1 aliphatic heterocycles. The van der Waals surface area contributed by atoms with Crippen molar-refractivity contribution < 1.29 is 4.79 Å². The van der Waals surface area contributed by atoms with Crippen molar-refractivity contribution >= 4 is 5.91 Å². The van der Waals surface area contributed by atoms with Crippen molar-refractivity contribution in [3.8, 4) is 11.4 Å². The Morgan fingerprint density at radius 3 is 2.85 bits per heavy atom. The molecule has 0 saturated carbocycles. The lowest BCUT2D eigenvalue weighted by Gasteiger charge is -2.33. The highest BCUT2D eigenvalue weighted by molar-refractivity contribution is 6.00. The van der Waals surface area contributed by atoms with Crippen LogP contribution in [-0.4, -0.2) is 43.4 Å². The number of amides is 1. The van der Waals surface area contributed by atoms with Gasteiger partial charge >= 0.3 is 0 Å². The van der Waals surface area contributed by atoms with Gasteiger partial charge in [0.15, 0.2) is 0 Å². The second kappa shape index (κ2) is 7.39. The number of hydrogen-bond acceptors (Lipinski definition) is 3. The molecule has 0 aliphatic carbocycles. The Kier molecular flexibility index (Phi) is 4.79. The van der Waals surface area contributed by atoms with Gasteiger partial charge in [0.1, 0.15) is 11.6 Å². The van der Waals surface area contributed by atoms with Gasteiger partial charge in [-0.05, 0) is 32.8 Å². The van der Waals surface area contributed by atoms with Crippen molar-refractivity contribution in [2.75, 3.05) is 13.1 Å². The van der Waals surface area contributed by atoms with Gasteiger partial charge in [0, 0.05) is 55.4 Å². The number of imidazole rings is 2. The van der Waals surface area contributed by atoms with E-state index in [2.05, 4.69) is 33.4 Å². The standard InChI is InChI=1S/C21H25N5O/c1-15(2)26-13-11-24-20(26)16-6-5-12-25(14-16)21(27)18-8-4-3-7-17(18)19-22-9-10-23-19/h3-4,7-11,13,15-16H,5-6,12,14H2,1-2H3,(H,22,23)/t16-/m0/s1. The Labute approximate surface area is 159 Å². The van der Waals surface area contributed by atoms with Gasteiger partial charge in [-0.25, -0.2) is 9.97 Å². The molecule has 0 radical (unpaired) electrons. The van der Waals surface area contributed by atoms with Crippen LogP contribution in [0.1, 0.15) is 54.8 Å². The normalized spacial score (nSPS) is 17.4. The molecule has 1 N–H and O–H groups in total. The van der Waals surface area contributed by atoms with E-state index in [9.17, 15) is 4.79 Å². The summed E-state index contributed by atoms with van der Waals surface area (Å²) in [6.45, 7) is 5.81. The highest BCUT2D eigenvalue weighted by Gasteiger charge is 2.29. The minimum Gasteiger partial charge on any atom is -0.345 e. The summed E-state index contributed by atoms with van der Waals surface area (Å²) in [6.07, 6.45) is 9.44. The average Bonchev–Trinajstić information content (AvgIpc) is 3.39. The topological polar surface area (TPSA) is 66.8 Å². The van der Waals surface area contributed by atoms with Crippen molar-refractivity contribution in [2.24, 2.45) is 0 Å². The number of benzene rings is 1. The van der Waals surface area contributed by atoms with E-state index < -0.39 is 0 Å². The summed E-state index contributed by atoms with van der Waals surface area (Å²) in [5.74, 6) is 2.15. The molecule has 140 valence electrons. The number of carbonyl (C=O) groups is 1. The Bertz CT molecular complexity index is 912. The lowest BCUT2D eigenvalue weighted by atomic mass is 9.95. The van der Waals surface area contributed by atoms with E-state index in [1.165, 1.54) is 0 Å². The van der Waals surface area contributed by atoms with Crippen molar-refractivity contribution in [3.05, 3.63) is 60.4 Å². The molecule has 6 heteroatoms. The SMILES string of the molecule is CC(C)n1ccnc1[C@H]1CCCN(C(=O)c2ccccc2-c2ncc[nH]2)C1. The van der Waals surface area contributed by atoms with E-state index in [1.807, 2.05) is 41.6 Å². The van der Waals surface area contributed by atoms with Crippen LogP contribution >= 0.6 is 0 Å². The second-order valence-corrected chi connectivity index (χ2v) is 7.36. The number of piperidine rings is 1. The number of aromatic nitrogens is 4. The molecule has 1 saturated heterocycles. The molecule has 1 amide bonds. The van der Waals surface area contributed by atoms with E-state index in [0.717, 1.165) is 36.6 Å². The highest BCUT2D eigenvalue weighted by atomic mass is 16.2. The molecule has 27 heavy (non-hydrogen) atoms. The summed E-state index contributed by atoms with van der Waals surface area (Å²) in [4.78, 5) is 27.3. The molecule has 1 aromatic carbocycles. The van der Waals surface area contributed by atoms with Crippen LogP contribution in [-0.2, 0) is 0 Å². The number of carbonyl (C=O) groups excluding carboxylic acids is 1. The van der Waals surface area contributed by atoms with Crippen LogP contribution in [0.25, 0.3) is 11.4 Å². The molecule has 6 nitrogen and oxygen atoms in total. The number of aromatic amines is 1. The summed E-state index contributed by atoms with van der Waals surface area (Å²) >= 11 is 0. The smallest absolute Gasteiger partial charge is 0.254 e. The van der Waals surface area contributed by atoms with E-state index in [-0.39, 0.29) is 11.8 Å². The maximum Gasteiger partial charge on any atom is 0.254 e. The van der Waals surface area contributed by atoms with Gasteiger partial charge in [0.05, 0.1) is 5.56 Å². The largest absolute Gasteiger partial charge is 0.345 e. The first-order chi connectivity index (χ1) is 13.1. The molecule has 0 bridgehead atoms. The zero-order valence-electron chi connectivity index (χ0n) is 15.8. The van der Waals surface area contributed by atoms with Crippen LogP contribution in [0.4, 0.5) is 0 Å². The zero-order valence-corrected chi connectivity index (χ0v) is 15.8. The summed E-state index contributed by atoms with van der Waals surface area (Å²) in [5, 5.41) is 0. The third-order valence-corrected chi connectivity index (χ3v) is 5.24. The molecule has 4 rings (SSSR count). The van der Waals surface area contributed by atoms with Crippen molar-refractivity contribution in [3.63, 3.8) is 0 Å². The lowest BCUT2D eigenvalue weighted by molar-refractivity contribution is 0.0703. The quantitative estimate of drug-likeness (QED) is 0.765. The third-order valence-electron chi connectivity index (χ3n) is 5.24. The molecule has 2 aromatic heterocycles. The zero-order chi connectivity index (χ0) is 18.8. The molecule has 0 unspecified atom stereocenters. The first kappa shape index (κ1) is 17.5. The Morgan fingerprint density at radius 2 is 2.07 bits per heavy atom. The predicted octanol–water partition coefficient (Wildman–Crippen LogP) is 3.87. The van der Waals surface area contributed by atoms with E-state index in [1.54, 1.807) is 12.4 Å². The summed E-state index contributed by atoms with van der Waals surface area (Å²) in [5.41, 5.74) is 1.54. The van der Waals surface area contributed by atoms with Crippen LogP contribution in [0, 0.1) is 0 Å². The Hall–Kier alpha value is -2.89. The minimum absolute atomic E-state index is 0.0642. The molecule has 3 heterocycles. The van der Waals surface area contributed by atoms with Crippen molar-refractivity contribution in [1.29, 1.82) is 0 Å². The average molecular weight is 363 g/mol. The molecule has 3 aromatic rings. The first-order valence-electron chi connectivity index (χ1n) is 9.56. The van der Waals surface area contributed by atoms with Crippen LogP contribution < -0.4 is 0 Å². The number of hydrogen-bond donors (Lipinski definition) is 1. The van der Waals surface area contributed by atoms with E-state index in [0.29, 0.717) is 18.2 Å². The maximum absolute atomic E-state index is 13.3. The summed E-state index contributed by atoms with van der Waals surface area (Å²) in [7, 11) is 0. The molecule has 1 fully saturated rings. The van der Waals surface area contributed by atoms with Gasteiger partial charge in [-0.15, -0.1) is 0 Å². The fourth-order valence-corrected chi connectivity index (χ4v) is 3.91. The molecule has 1 atom stereocenters. The van der Waals surface area contributed by atoms with Gasteiger partial charge in [0.2, 0.25) is 0 Å². The van der Waals surface area contributed by atoms with Crippen LogP contribution in [0.3, 0.4) is 0 Å². The van der Waals surface area contributed by atoms with Crippen molar-refractivity contribution in [1.82, 2.24) is 24.4 Å². The van der Waals surface area contributed by atoms with Crippen LogP contribution in [0.5, 0.6) is 0 Å². The maximum atomic E-state index is 13.3. The Balaban J connectivity index is 1.59. The second-order valence-electron chi connectivity index (χ2n) is 7.36. The fraction of sp³-hybridized carbons (Fsp3) is 0.381. The summed E-state index contributed by atoms with van der Waals surface area (Å²) in [6, 6.07) is 8.05. The van der Waals surface area contributed by atoms with Gasteiger partial charge in [-0.2, -0.15) is 0 Å². The fourth-order valence-electron chi connectivity index (χ4n) is 3.91. The third kappa shape index (κ3) is 3.39. The van der Waals surface area contributed by atoms with Gasteiger partial charge < -0.3 is 14.5 Å². The van der Waals surface area contributed by atoms with Crippen molar-refractivity contribution in [2.45, 2.75) is 38.6 Å². The Morgan fingerprint density at radius 1 is 1.22 bits per heavy atom. The molecular formula is C21H25N5O. The molecule has 1 aliphatic rings. The number of likely N-dealkylation sites (tertiary alicyclic amines) is 1. The minimum atomic E-state index is 0.0642. The van der Waals surface area contributed by atoms with Gasteiger partial charge in [-0.1, -0.05) is 18.2 Å². The first-order valence-corrected chi connectivity index (χ1v) is 9.56. The summed E-state index contributed by atoms with van der Waals surface area (Å²) < 4.78 is 2.22. The molecule has 0 spiro atoms. The van der Waals surface area contributed by atoms with Gasteiger partial charge in [-0.3, -0.25) is 4.79 Å². The molecular weight excluding hydrogens is 338 g/mol. The predicted molar refractivity (Wildman–Crippen MR) is 105 cm³/mol. The number of nitrogens with one attached hydrogen (secondary N) is 1. The van der Waals surface area contributed by atoms with Crippen LogP contribution in [0.2, 0.25) is 0 Å². The monoisotopic (exact) mass is 363 g/mol. The number of rotatable bonds is 4. The van der Waals surface area contributed by atoms with E-state index >= 15 is 0 Å². The number of H-pyrrole nitrogens is 1. The number of nitrogens with zero attached hydrogens (tertiary/aromatic N) is 4.